The lowest BCUT2D eigenvalue weighted by molar-refractivity contribution is 0.0384. The molecule has 1 aromatic heterocycles. The van der Waals surface area contributed by atoms with Gasteiger partial charge >= 0.3 is 5.97 Å². The SMILES string of the molecule is Cn1ncc(C(=O)O)c1CNCCN1CCOCC1. The van der Waals surface area contributed by atoms with Crippen LogP contribution in [-0.2, 0) is 18.3 Å². The van der Waals surface area contributed by atoms with Crippen LogP contribution >= 0.6 is 0 Å². The van der Waals surface area contributed by atoms with Gasteiger partial charge in [0.15, 0.2) is 0 Å². The molecule has 0 atom stereocenters. The highest BCUT2D eigenvalue weighted by Gasteiger charge is 2.14. The summed E-state index contributed by atoms with van der Waals surface area (Å²) in [6, 6.07) is 0. The topological polar surface area (TPSA) is 79.6 Å². The number of ether oxygens (including phenoxy) is 1. The van der Waals surface area contributed by atoms with Crippen molar-refractivity contribution in [1.29, 1.82) is 0 Å². The fourth-order valence-electron chi connectivity index (χ4n) is 2.12. The molecule has 19 heavy (non-hydrogen) atoms. The van der Waals surface area contributed by atoms with E-state index in [2.05, 4.69) is 15.3 Å². The molecule has 2 rings (SSSR count). The third-order valence-electron chi connectivity index (χ3n) is 3.29. The van der Waals surface area contributed by atoms with Crippen LogP contribution in [0.15, 0.2) is 6.20 Å². The average molecular weight is 268 g/mol. The van der Waals surface area contributed by atoms with Gasteiger partial charge in [0.05, 0.1) is 25.1 Å². The summed E-state index contributed by atoms with van der Waals surface area (Å²) in [5.74, 6) is -0.932. The van der Waals surface area contributed by atoms with E-state index in [1.807, 2.05) is 0 Å². The van der Waals surface area contributed by atoms with Gasteiger partial charge in [-0.3, -0.25) is 9.58 Å². The molecule has 1 aromatic rings. The molecule has 0 aliphatic carbocycles. The maximum absolute atomic E-state index is 11.0. The van der Waals surface area contributed by atoms with Gasteiger partial charge in [-0.25, -0.2) is 4.79 Å². The van der Waals surface area contributed by atoms with Gasteiger partial charge < -0.3 is 15.2 Å². The van der Waals surface area contributed by atoms with Gasteiger partial charge in [0.2, 0.25) is 0 Å². The normalized spacial score (nSPS) is 16.7. The Kier molecular flexibility index (Phi) is 4.89. The number of hydrogen-bond donors (Lipinski definition) is 2. The Labute approximate surface area is 112 Å². The average Bonchev–Trinajstić information content (AvgIpc) is 2.77. The van der Waals surface area contributed by atoms with Gasteiger partial charge in [-0.2, -0.15) is 5.10 Å². The van der Waals surface area contributed by atoms with Crippen molar-refractivity contribution in [3.63, 3.8) is 0 Å². The minimum absolute atomic E-state index is 0.265. The summed E-state index contributed by atoms with van der Waals surface area (Å²) in [4.78, 5) is 13.3. The fraction of sp³-hybridized carbons (Fsp3) is 0.667. The van der Waals surface area contributed by atoms with Crippen LogP contribution in [0.25, 0.3) is 0 Å². The molecule has 0 aromatic carbocycles. The molecule has 2 N–H and O–H groups in total. The van der Waals surface area contributed by atoms with Gasteiger partial charge in [0.25, 0.3) is 0 Å². The largest absolute Gasteiger partial charge is 0.478 e. The molecule has 2 heterocycles. The summed E-state index contributed by atoms with van der Waals surface area (Å²) in [6.45, 7) is 5.81. The number of carboxylic acid groups (broad SMARTS) is 1. The van der Waals surface area contributed by atoms with Crippen LogP contribution in [0.1, 0.15) is 16.1 Å². The van der Waals surface area contributed by atoms with E-state index in [1.165, 1.54) is 6.20 Å². The first kappa shape index (κ1) is 14.0. The van der Waals surface area contributed by atoms with Crippen molar-refractivity contribution in [2.45, 2.75) is 6.54 Å². The number of nitrogens with one attached hydrogen (secondary N) is 1. The molecule has 0 unspecified atom stereocenters. The second kappa shape index (κ2) is 6.65. The first-order valence-corrected chi connectivity index (χ1v) is 6.43. The fourth-order valence-corrected chi connectivity index (χ4v) is 2.12. The van der Waals surface area contributed by atoms with Crippen molar-refractivity contribution in [2.75, 3.05) is 39.4 Å². The maximum atomic E-state index is 11.0. The minimum Gasteiger partial charge on any atom is -0.478 e. The summed E-state index contributed by atoms with van der Waals surface area (Å²) < 4.78 is 6.89. The Balaban J connectivity index is 1.76. The number of aromatic carboxylic acids is 1. The smallest absolute Gasteiger partial charge is 0.339 e. The summed E-state index contributed by atoms with van der Waals surface area (Å²) in [7, 11) is 1.76. The zero-order valence-corrected chi connectivity index (χ0v) is 11.1. The first-order chi connectivity index (χ1) is 9.18. The van der Waals surface area contributed by atoms with Crippen molar-refractivity contribution < 1.29 is 14.6 Å². The van der Waals surface area contributed by atoms with Crippen LogP contribution in [0.5, 0.6) is 0 Å². The molecule has 0 bridgehead atoms. The van der Waals surface area contributed by atoms with Crippen LogP contribution in [0.4, 0.5) is 0 Å². The predicted molar refractivity (Wildman–Crippen MR) is 69.1 cm³/mol. The van der Waals surface area contributed by atoms with E-state index < -0.39 is 5.97 Å². The summed E-state index contributed by atoms with van der Waals surface area (Å²) in [5, 5.41) is 16.3. The predicted octanol–water partition coefficient (Wildman–Crippen LogP) is -0.460. The molecule has 0 saturated carbocycles. The summed E-state index contributed by atoms with van der Waals surface area (Å²) in [6.07, 6.45) is 1.39. The number of hydrogen-bond acceptors (Lipinski definition) is 5. The van der Waals surface area contributed by atoms with Crippen molar-refractivity contribution in [2.24, 2.45) is 7.05 Å². The van der Waals surface area contributed by atoms with E-state index >= 15 is 0 Å². The van der Waals surface area contributed by atoms with E-state index in [0.29, 0.717) is 12.2 Å². The van der Waals surface area contributed by atoms with E-state index in [9.17, 15) is 4.79 Å². The lowest BCUT2D eigenvalue weighted by Crippen LogP contribution is -2.40. The molecule has 106 valence electrons. The maximum Gasteiger partial charge on any atom is 0.339 e. The Morgan fingerprint density at radius 2 is 2.26 bits per heavy atom. The molecule has 0 amide bonds. The van der Waals surface area contributed by atoms with E-state index in [4.69, 9.17) is 9.84 Å². The Bertz CT molecular complexity index is 427. The van der Waals surface area contributed by atoms with Crippen molar-refractivity contribution in [3.05, 3.63) is 17.5 Å². The standard InChI is InChI=1S/C12H20N4O3/c1-15-11(10(8-14-15)12(17)18)9-13-2-3-16-4-6-19-7-5-16/h8,13H,2-7,9H2,1H3,(H,17,18). The molecular formula is C12H20N4O3. The molecule has 1 saturated heterocycles. The van der Waals surface area contributed by atoms with Gasteiger partial charge in [0.1, 0.15) is 5.56 Å². The molecule has 7 heteroatoms. The minimum atomic E-state index is -0.932. The van der Waals surface area contributed by atoms with Crippen LogP contribution in [0, 0.1) is 0 Å². The van der Waals surface area contributed by atoms with Gasteiger partial charge in [-0.15, -0.1) is 0 Å². The summed E-state index contributed by atoms with van der Waals surface area (Å²) in [5.41, 5.74) is 0.968. The van der Waals surface area contributed by atoms with Gasteiger partial charge in [-0.05, 0) is 0 Å². The van der Waals surface area contributed by atoms with Crippen LogP contribution in [-0.4, -0.2) is 65.1 Å². The third-order valence-corrected chi connectivity index (χ3v) is 3.29. The molecule has 1 aliphatic rings. The van der Waals surface area contributed by atoms with Crippen LogP contribution in [0.2, 0.25) is 0 Å². The van der Waals surface area contributed by atoms with Crippen molar-refractivity contribution in [3.8, 4) is 0 Å². The Morgan fingerprint density at radius 3 is 2.95 bits per heavy atom. The summed E-state index contributed by atoms with van der Waals surface area (Å²) >= 11 is 0. The number of morpholine rings is 1. The zero-order chi connectivity index (χ0) is 13.7. The highest BCUT2D eigenvalue weighted by Crippen LogP contribution is 2.06. The van der Waals surface area contributed by atoms with Gasteiger partial charge in [0, 0.05) is 39.8 Å². The van der Waals surface area contributed by atoms with Crippen LogP contribution < -0.4 is 5.32 Å². The Hall–Kier alpha value is -1.44. The highest BCUT2D eigenvalue weighted by molar-refractivity contribution is 5.88. The van der Waals surface area contributed by atoms with Crippen LogP contribution in [0.3, 0.4) is 0 Å². The number of carbonyl (C=O) groups is 1. The third kappa shape index (κ3) is 3.76. The quantitative estimate of drug-likeness (QED) is 0.680. The molecule has 0 radical (unpaired) electrons. The first-order valence-electron chi connectivity index (χ1n) is 6.43. The molecule has 7 nitrogen and oxygen atoms in total. The van der Waals surface area contributed by atoms with E-state index in [1.54, 1.807) is 11.7 Å². The van der Waals surface area contributed by atoms with Crippen molar-refractivity contribution >= 4 is 5.97 Å². The lowest BCUT2D eigenvalue weighted by atomic mass is 10.2. The molecule has 1 fully saturated rings. The molecule has 0 spiro atoms. The van der Waals surface area contributed by atoms with E-state index in [-0.39, 0.29) is 5.56 Å². The van der Waals surface area contributed by atoms with Gasteiger partial charge in [-0.1, -0.05) is 0 Å². The number of aromatic nitrogens is 2. The monoisotopic (exact) mass is 268 g/mol. The Morgan fingerprint density at radius 1 is 1.53 bits per heavy atom. The number of rotatable bonds is 6. The van der Waals surface area contributed by atoms with E-state index in [0.717, 1.165) is 39.4 Å². The highest BCUT2D eigenvalue weighted by atomic mass is 16.5. The number of nitrogens with zero attached hydrogens (tertiary/aromatic N) is 3. The molecular weight excluding hydrogens is 248 g/mol. The number of aryl methyl sites for hydroxylation is 1. The zero-order valence-electron chi connectivity index (χ0n) is 11.1. The second-order valence-corrected chi connectivity index (χ2v) is 4.56. The lowest BCUT2D eigenvalue weighted by Gasteiger charge is -2.26. The number of carboxylic acids is 1. The second-order valence-electron chi connectivity index (χ2n) is 4.56. The molecule has 1 aliphatic heterocycles. The van der Waals surface area contributed by atoms with Crippen molar-refractivity contribution in [1.82, 2.24) is 20.0 Å².